The Balaban J connectivity index is 2.99. The third kappa shape index (κ3) is 1.53. The molecular weight excluding hydrogens is 170 g/mol. The van der Waals surface area contributed by atoms with E-state index in [0.717, 1.165) is 17.4 Å². The summed E-state index contributed by atoms with van der Waals surface area (Å²) in [4.78, 5) is 19.7. The number of hydrogen-bond acceptors (Lipinski definition) is 4. The van der Waals surface area contributed by atoms with Crippen LogP contribution in [0.3, 0.4) is 0 Å². The van der Waals surface area contributed by atoms with Gasteiger partial charge in [-0.3, -0.25) is 10.1 Å². The third-order valence-electron chi connectivity index (χ3n) is 1.01. The van der Waals surface area contributed by atoms with Crippen molar-refractivity contribution in [3.63, 3.8) is 0 Å². The van der Waals surface area contributed by atoms with Gasteiger partial charge in [0.2, 0.25) is 0 Å². The van der Waals surface area contributed by atoms with Gasteiger partial charge >= 0.3 is 11.0 Å². The number of thiophene rings is 1. The number of aromatic carboxylic acids is 1. The molecule has 0 spiro atoms. The van der Waals surface area contributed by atoms with Crippen LogP contribution in [0.15, 0.2) is 11.4 Å². The molecule has 1 aromatic heterocycles. The molecule has 0 amide bonds. The molecule has 0 radical (unpaired) electrons. The average molecular weight is 173 g/mol. The Morgan fingerprint density at radius 3 is 2.64 bits per heavy atom. The van der Waals surface area contributed by atoms with Crippen LogP contribution in [0.4, 0.5) is 5.00 Å². The Morgan fingerprint density at radius 2 is 2.36 bits per heavy atom. The average Bonchev–Trinajstić information content (AvgIpc) is 2.33. The number of carboxylic acid groups (broad SMARTS) is 1. The molecule has 6 heteroatoms. The molecule has 0 bridgehead atoms. The van der Waals surface area contributed by atoms with E-state index in [1.54, 1.807) is 0 Å². The van der Waals surface area contributed by atoms with E-state index in [0.29, 0.717) is 0 Å². The lowest BCUT2D eigenvalue weighted by atomic mass is 10.3. The van der Waals surface area contributed by atoms with Gasteiger partial charge in [-0.25, -0.2) is 4.79 Å². The number of hydrogen-bond donors (Lipinski definition) is 1. The first kappa shape index (κ1) is 7.67. The summed E-state index contributed by atoms with van der Waals surface area (Å²) in [6.07, 6.45) is 0. The van der Waals surface area contributed by atoms with E-state index >= 15 is 0 Å². The summed E-state index contributed by atoms with van der Waals surface area (Å²) in [6, 6.07) is 1.03. The summed E-state index contributed by atoms with van der Waals surface area (Å²) in [5.41, 5.74) is -0.0401. The molecule has 1 rings (SSSR count). The summed E-state index contributed by atoms with van der Waals surface area (Å²) in [6.45, 7) is 0. The molecule has 0 aliphatic heterocycles. The topological polar surface area (TPSA) is 80.4 Å². The van der Waals surface area contributed by atoms with Crippen LogP contribution in [0.25, 0.3) is 0 Å². The Morgan fingerprint density at radius 1 is 1.73 bits per heavy atom. The predicted molar refractivity (Wildman–Crippen MR) is 37.9 cm³/mol. The van der Waals surface area contributed by atoms with Crippen LogP contribution in [0.5, 0.6) is 0 Å². The van der Waals surface area contributed by atoms with Gasteiger partial charge in [-0.2, -0.15) is 0 Å². The summed E-state index contributed by atoms with van der Waals surface area (Å²) in [5, 5.41) is 19.5. The van der Waals surface area contributed by atoms with Crippen LogP contribution >= 0.6 is 11.3 Å². The van der Waals surface area contributed by atoms with Gasteiger partial charge in [0.1, 0.15) is 0 Å². The van der Waals surface area contributed by atoms with Gasteiger partial charge in [-0.1, -0.05) is 11.3 Å². The number of carboxylic acids is 1. The molecule has 1 heterocycles. The Hall–Kier alpha value is -1.43. The van der Waals surface area contributed by atoms with Gasteiger partial charge in [0.15, 0.2) is 0 Å². The third-order valence-corrected chi connectivity index (χ3v) is 1.89. The minimum absolute atomic E-state index is 0.0401. The number of carbonyl (C=O) groups is 1. The summed E-state index contributed by atoms with van der Waals surface area (Å²) in [5.74, 6) is -1.14. The van der Waals surface area contributed by atoms with Crippen molar-refractivity contribution < 1.29 is 14.8 Å². The van der Waals surface area contributed by atoms with E-state index in [1.807, 2.05) is 0 Å². The maximum Gasteiger partial charge on any atom is 0.336 e. The van der Waals surface area contributed by atoms with Crippen LogP contribution < -0.4 is 0 Å². The lowest BCUT2D eigenvalue weighted by molar-refractivity contribution is -0.380. The van der Waals surface area contributed by atoms with Crippen LogP contribution in [0.2, 0.25) is 0 Å². The zero-order chi connectivity index (χ0) is 8.43. The van der Waals surface area contributed by atoms with E-state index in [4.69, 9.17) is 5.11 Å². The molecule has 58 valence electrons. The molecule has 0 aliphatic rings. The standard InChI is InChI=1S/C5H3NO4S/c7-5(8)3-1-4(6(9)10)11-2-3/h1-2H,(H,7,8). The van der Waals surface area contributed by atoms with Gasteiger partial charge in [0.25, 0.3) is 0 Å². The fourth-order valence-electron chi connectivity index (χ4n) is 0.533. The molecule has 5 nitrogen and oxygen atoms in total. The zero-order valence-corrected chi connectivity index (χ0v) is 6.00. The van der Waals surface area contributed by atoms with Crippen LogP contribution in [0, 0.1) is 10.1 Å². The van der Waals surface area contributed by atoms with Crippen molar-refractivity contribution in [2.45, 2.75) is 0 Å². The highest BCUT2D eigenvalue weighted by Crippen LogP contribution is 2.22. The fourth-order valence-corrected chi connectivity index (χ4v) is 1.23. The van der Waals surface area contributed by atoms with E-state index in [1.165, 1.54) is 5.38 Å². The van der Waals surface area contributed by atoms with Crippen LogP contribution in [-0.4, -0.2) is 16.0 Å². The summed E-state index contributed by atoms with van der Waals surface area (Å²) in [7, 11) is 0. The van der Waals surface area contributed by atoms with Crippen molar-refractivity contribution in [1.82, 2.24) is 0 Å². The van der Waals surface area contributed by atoms with Gasteiger partial charge in [-0.15, -0.1) is 0 Å². The highest BCUT2D eigenvalue weighted by Gasteiger charge is 2.13. The number of nitrogens with zero attached hydrogens (tertiary/aromatic N) is 1. The van der Waals surface area contributed by atoms with Gasteiger partial charge in [0.05, 0.1) is 10.5 Å². The minimum Gasteiger partial charge on any atom is -0.478 e. The molecule has 0 unspecified atom stereocenters. The monoisotopic (exact) mass is 173 g/mol. The molecule has 0 fully saturated rings. The van der Waals surface area contributed by atoms with Gasteiger partial charge in [0, 0.05) is 11.4 Å². The van der Waals surface area contributed by atoms with Gasteiger partial charge in [-0.05, 0) is 0 Å². The Labute approximate surface area is 65.0 Å². The van der Waals surface area contributed by atoms with Crippen molar-refractivity contribution in [3.05, 3.63) is 27.1 Å². The van der Waals surface area contributed by atoms with E-state index in [9.17, 15) is 14.9 Å². The first-order valence-electron chi connectivity index (χ1n) is 2.57. The minimum atomic E-state index is -1.14. The van der Waals surface area contributed by atoms with Gasteiger partial charge < -0.3 is 5.11 Å². The molecule has 0 aliphatic carbocycles. The smallest absolute Gasteiger partial charge is 0.336 e. The molecule has 0 saturated carbocycles. The first-order chi connectivity index (χ1) is 5.11. The lowest BCUT2D eigenvalue weighted by Gasteiger charge is -1.80. The van der Waals surface area contributed by atoms with E-state index in [2.05, 4.69) is 0 Å². The van der Waals surface area contributed by atoms with Crippen LogP contribution in [0.1, 0.15) is 10.4 Å². The normalized spacial score (nSPS) is 9.45. The highest BCUT2D eigenvalue weighted by atomic mass is 32.1. The second-order valence-corrected chi connectivity index (χ2v) is 2.63. The number of rotatable bonds is 2. The van der Waals surface area contributed by atoms with E-state index < -0.39 is 10.9 Å². The maximum absolute atomic E-state index is 10.2. The molecule has 1 N–H and O–H groups in total. The maximum atomic E-state index is 10.2. The zero-order valence-electron chi connectivity index (χ0n) is 5.18. The molecule has 0 saturated heterocycles. The molecule has 11 heavy (non-hydrogen) atoms. The summed E-state index contributed by atoms with van der Waals surface area (Å²) >= 11 is 0.806. The highest BCUT2D eigenvalue weighted by molar-refractivity contribution is 7.13. The van der Waals surface area contributed by atoms with Crippen LogP contribution in [-0.2, 0) is 0 Å². The quantitative estimate of drug-likeness (QED) is 0.540. The predicted octanol–water partition coefficient (Wildman–Crippen LogP) is 1.35. The lowest BCUT2D eigenvalue weighted by Crippen LogP contribution is -1.92. The Kier molecular flexibility index (Phi) is 1.86. The van der Waals surface area contributed by atoms with Crippen molar-refractivity contribution in [1.29, 1.82) is 0 Å². The summed E-state index contributed by atoms with van der Waals surface area (Å²) < 4.78 is 0. The largest absolute Gasteiger partial charge is 0.478 e. The van der Waals surface area contributed by atoms with E-state index in [-0.39, 0.29) is 10.6 Å². The van der Waals surface area contributed by atoms with Crippen molar-refractivity contribution in [2.24, 2.45) is 0 Å². The number of nitro groups is 1. The second-order valence-electron chi connectivity index (χ2n) is 1.74. The van der Waals surface area contributed by atoms with Crippen molar-refractivity contribution >= 4 is 22.3 Å². The van der Waals surface area contributed by atoms with Crippen molar-refractivity contribution in [3.8, 4) is 0 Å². The first-order valence-corrected chi connectivity index (χ1v) is 3.45. The van der Waals surface area contributed by atoms with Crippen molar-refractivity contribution in [2.75, 3.05) is 0 Å². The molecular formula is C5H3NO4S. The second kappa shape index (κ2) is 2.67. The SMILES string of the molecule is O=C(O)c1csc([N+](=O)[O-])c1. The molecule has 0 aromatic carbocycles. The molecule has 1 aromatic rings. The fraction of sp³-hybridized carbons (Fsp3) is 0. The Bertz CT molecular complexity index is 277. The molecule has 0 atom stereocenters.